The highest BCUT2D eigenvalue weighted by Gasteiger charge is 2.16. The lowest BCUT2D eigenvalue weighted by atomic mass is 10.0. The molecular weight excluding hydrogens is 345 g/mol. The molecule has 0 spiro atoms. The van der Waals surface area contributed by atoms with Crippen LogP contribution in [0.3, 0.4) is 0 Å². The molecule has 1 amide bonds. The van der Waals surface area contributed by atoms with Crippen molar-refractivity contribution in [2.45, 2.75) is 38.8 Å². The average Bonchev–Trinajstić information content (AvgIpc) is 3.13. The van der Waals surface area contributed by atoms with Gasteiger partial charge in [-0.2, -0.15) is 0 Å². The summed E-state index contributed by atoms with van der Waals surface area (Å²) in [5.74, 6) is 0.778. The van der Waals surface area contributed by atoms with Crippen LogP contribution >= 0.6 is 36.2 Å². The van der Waals surface area contributed by atoms with Crippen molar-refractivity contribution in [1.29, 1.82) is 0 Å². The molecule has 1 saturated heterocycles. The Bertz CT molecular complexity index is 439. The molecule has 1 aromatic rings. The van der Waals surface area contributed by atoms with Gasteiger partial charge in [-0.3, -0.25) is 4.79 Å². The highest BCUT2D eigenvalue weighted by atomic mass is 35.5. The summed E-state index contributed by atoms with van der Waals surface area (Å²) >= 11 is 1.57. The Morgan fingerprint density at radius 1 is 1.59 bits per heavy atom. The Morgan fingerprint density at radius 2 is 2.36 bits per heavy atom. The number of halogens is 2. The minimum absolute atomic E-state index is 0. The fourth-order valence-corrected chi connectivity index (χ4v) is 3.12. The van der Waals surface area contributed by atoms with Crippen LogP contribution in [-0.2, 0) is 16.1 Å². The molecule has 0 bridgehead atoms. The Kier molecular flexibility index (Phi) is 11.0. The third-order valence-electron chi connectivity index (χ3n) is 3.68. The van der Waals surface area contributed by atoms with Crippen LogP contribution in [0.25, 0.3) is 0 Å². The number of amides is 1. The number of nitrogens with one attached hydrogen (secondary N) is 2. The topological polar surface area (TPSA) is 63.2 Å². The first-order valence-corrected chi connectivity index (χ1v) is 8.01. The Balaban J connectivity index is 0.00000220. The van der Waals surface area contributed by atoms with E-state index in [0.29, 0.717) is 18.9 Å². The second-order valence-corrected chi connectivity index (χ2v) is 6.12. The fourth-order valence-electron chi connectivity index (χ4n) is 2.26. The lowest BCUT2D eigenvalue weighted by Gasteiger charge is -2.08. The van der Waals surface area contributed by atoms with E-state index in [2.05, 4.69) is 15.6 Å². The van der Waals surface area contributed by atoms with E-state index in [4.69, 9.17) is 4.74 Å². The van der Waals surface area contributed by atoms with Gasteiger partial charge in [0.2, 0.25) is 5.91 Å². The molecule has 2 rings (SSSR count). The highest BCUT2D eigenvalue weighted by Crippen LogP contribution is 2.20. The summed E-state index contributed by atoms with van der Waals surface area (Å²) in [6.45, 7) is 4.62. The number of nitrogens with zero attached hydrogens (tertiary/aromatic N) is 1. The summed E-state index contributed by atoms with van der Waals surface area (Å²) < 4.78 is 5.23. The second kappa shape index (κ2) is 11.2. The lowest BCUT2D eigenvalue weighted by molar-refractivity contribution is -0.121. The molecule has 2 N–H and O–H groups in total. The molecule has 8 heteroatoms. The second-order valence-electron chi connectivity index (χ2n) is 5.23. The minimum atomic E-state index is 0. The van der Waals surface area contributed by atoms with Crippen molar-refractivity contribution in [3.05, 3.63) is 16.1 Å². The number of rotatable bonds is 7. The number of thiazole rings is 1. The smallest absolute Gasteiger partial charge is 0.220 e. The zero-order chi connectivity index (χ0) is 14.4. The molecule has 2 unspecified atom stereocenters. The number of carbonyl (C=O) groups excluding carboxylic acids is 1. The predicted octanol–water partition coefficient (Wildman–Crippen LogP) is 2.70. The van der Waals surface area contributed by atoms with Gasteiger partial charge >= 0.3 is 0 Å². The molecule has 0 saturated carbocycles. The summed E-state index contributed by atoms with van der Waals surface area (Å²) in [7, 11) is 1.67. The third kappa shape index (κ3) is 6.79. The molecule has 128 valence electrons. The van der Waals surface area contributed by atoms with E-state index in [1.807, 2.05) is 12.3 Å². The van der Waals surface area contributed by atoms with Crippen molar-refractivity contribution in [2.75, 3.05) is 20.2 Å². The molecule has 5 nitrogen and oxygen atoms in total. The van der Waals surface area contributed by atoms with Crippen molar-refractivity contribution in [1.82, 2.24) is 15.6 Å². The van der Waals surface area contributed by atoms with Crippen LogP contribution in [-0.4, -0.2) is 31.1 Å². The largest absolute Gasteiger partial charge is 0.375 e. The monoisotopic (exact) mass is 369 g/mol. The van der Waals surface area contributed by atoms with E-state index < -0.39 is 0 Å². The molecule has 2 heterocycles. The van der Waals surface area contributed by atoms with Gasteiger partial charge in [0.15, 0.2) is 0 Å². The van der Waals surface area contributed by atoms with Gasteiger partial charge in [0.1, 0.15) is 11.1 Å². The number of methoxy groups -OCH3 is 1. The van der Waals surface area contributed by atoms with Gasteiger partial charge in [-0.25, -0.2) is 4.98 Å². The third-order valence-corrected chi connectivity index (χ3v) is 4.73. The first-order chi connectivity index (χ1) is 9.69. The maximum Gasteiger partial charge on any atom is 0.220 e. The summed E-state index contributed by atoms with van der Waals surface area (Å²) in [6.07, 6.45) is 2.79. The van der Waals surface area contributed by atoms with E-state index in [-0.39, 0.29) is 36.8 Å². The number of carbonyl (C=O) groups is 1. The van der Waals surface area contributed by atoms with Crippen molar-refractivity contribution in [3.8, 4) is 0 Å². The normalized spacial score (nSPS) is 18.2. The highest BCUT2D eigenvalue weighted by molar-refractivity contribution is 7.09. The Morgan fingerprint density at radius 3 is 3.00 bits per heavy atom. The van der Waals surface area contributed by atoms with E-state index >= 15 is 0 Å². The standard InChI is InChI=1S/C14H23N3O2S.2ClH/c1-10(19-2)14-17-12(9-20-14)8-16-13(18)4-3-11-5-6-15-7-11;;/h9-11,15H,3-8H2,1-2H3,(H,16,18);2*1H. The Hall–Kier alpha value is -0.400. The van der Waals surface area contributed by atoms with E-state index in [1.54, 1.807) is 18.4 Å². The first-order valence-electron chi connectivity index (χ1n) is 7.13. The van der Waals surface area contributed by atoms with Gasteiger partial charge in [-0.05, 0) is 38.8 Å². The summed E-state index contributed by atoms with van der Waals surface area (Å²) in [4.78, 5) is 16.2. The van der Waals surface area contributed by atoms with Crippen LogP contribution in [0, 0.1) is 5.92 Å². The minimum Gasteiger partial charge on any atom is -0.375 e. The van der Waals surface area contributed by atoms with Crippen LogP contribution in [0.15, 0.2) is 5.38 Å². The zero-order valence-electron chi connectivity index (χ0n) is 13.0. The fraction of sp³-hybridized carbons (Fsp3) is 0.714. The SMILES string of the molecule is COC(C)c1nc(CNC(=O)CCC2CCNC2)cs1.Cl.Cl. The lowest BCUT2D eigenvalue weighted by Crippen LogP contribution is -2.23. The maximum absolute atomic E-state index is 11.8. The zero-order valence-corrected chi connectivity index (χ0v) is 15.4. The number of ether oxygens (including phenoxy) is 1. The molecule has 1 aromatic heterocycles. The van der Waals surface area contributed by atoms with Gasteiger partial charge in [0.05, 0.1) is 12.2 Å². The van der Waals surface area contributed by atoms with Crippen LogP contribution in [0.2, 0.25) is 0 Å². The van der Waals surface area contributed by atoms with Gasteiger partial charge in [0, 0.05) is 18.9 Å². The van der Waals surface area contributed by atoms with E-state index in [1.165, 1.54) is 6.42 Å². The molecule has 0 aromatic carbocycles. The van der Waals surface area contributed by atoms with Crippen molar-refractivity contribution < 1.29 is 9.53 Å². The Labute approximate surface area is 148 Å². The van der Waals surface area contributed by atoms with Crippen molar-refractivity contribution >= 4 is 42.1 Å². The van der Waals surface area contributed by atoms with Crippen LogP contribution in [0.5, 0.6) is 0 Å². The van der Waals surface area contributed by atoms with Gasteiger partial charge in [-0.15, -0.1) is 36.2 Å². The van der Waals surface area contributed by atoms with Crippen molar-refractivity contribution in [2.24, 2.45) is 5.92 Å². The van der Waals surface area contributed by atoms with Crippen LogP contribution in [0.1, 0.15) is 43.0 Å². The molecule has 0 aliphatic carbocycles. The van der Waals surface area contributed by atoms with Gasteiger partial charge in [0.25, 0.3) is 0 Å². The first kappa shape index (κ1) is 21.6. The van der Waals surface area contributed by atoms with E-state index in [0.717, 1.165) is 30.2 Å². The molecule has 0 radical (unpaired) electrons. The van der Waals surface area contributed by atoms with Gasteiger partial charge < -0.3 is 15.4 Å². The quantitative estimate of drug-likeness (QED) is 0.775. The number of aromatic nitrogens is 1. The van der Waals surface area contributed by atoms with Crippen LogP contribution < -0.4 is 10.6 Å². The average molecular weight is 370 g/mol. The van der Waals surface area contributed by atoms with Crippen molar-refractivity contribution in [3.63, 3.8) is 0 Å². The molecular formula is C14H25Cl2N3O2S. The molecule has 1 aliphatic rings. The summed E-state index contributed by atoms with van der Waals surface area (Å²) in [5.41, 5.74) is 0.907. The van der Waals surface area contributed by atoms with Gasteiger partial charge in [-0.1, -0.05) is 0 Å². The molecule has 1 aliphatic heterocycles. The molecule has 22 heavy (non-hydrogen) atoms. The summed E-state index contributed by atoms with van der Waals surface area (Å²) in [6, 6.07) is 0. The molecule has 1 fully saturated rings. The number of hydrogen-bond donors (Lipinski definition) is 2. The van der Waals surface area contributed by atoms with E-state index in [9.17, 15) is 4.79 Å². The molecule has 2 atom stereocenters. The maximum atomic E-state index is 11.8. The predicted molar refractivity (Wildman–Crippen MR) is 94.1 cm³/mol. The van der Waals surface area contributed by atoms with Crippen LogP contribution in [0.4, 0.5) is 0 Å². The summed E-state index contributed by atoms with van der Waals surface area (Å²) in [5, 5.41) is 9.19. The number of hydrogen-bond acceptors (Lipinski definition) is 5.